The molecule has 0 aliphatic heterocycles. The van der Waals surface area contributed by atoms with E-state index in [4.69, 9.17) is 4.74 Å². The van der Waals surface area contributed by atoms with Crippen LogP contribution in [0.15, 0.2) is 53.5 Å². The smallest absolute Gasteiger partial charge is 0.191 e. The number of methoxy groups -OCH3 is 1. The summed E-state index contributed by atoms with van der Waals surface area (Å²) in [5.41, 5.74) is 1.80. The van der Waals surface area contributed by atoms with Crippen molar-refractivity contribution in [2.24, 2.45) is 4.99 Å². The third kappa shape index (κ3) is 6.35. The van der Waals surface area contributed by atoms with Crippen LogP contribution in [-0.4, -0.2) is 26.7 Å². The van der Waals surface area contributed by atoms with E-state index in [0.717, 1.165) is 11.3 Å². The van der Waals surface area contributed by atoms with Gasteiger partial charge in [-0.05, 0) is 35.7 Å². The first-order valence-electron chi connectivity index (χ1n) is 7.54. The van der Waals surface area contributed by atoms with Crippen molar-refractivity contribution in [2.45, 2.75) is 13.0 Å². The van der Waals surface area contributed by atoms with Crippen LogP contribution in [0.5, 0.6) is 5.75 Å². The third-order valence-corrected chi connectivity index (χ3v) is 3.46. The van der Waals surface area contributed by atoms with Crippen LogP contribution in [0, 0.1) is 5.82 Å². The lowest BCUT2D eigenvalue weighted by atomic mass is 10.1. The largest absolute Gasteiger partial charge is 0.497 e. The predicted molar refractivity (Wildman–Crippen MR) is 107 cm³/mol. The lowest BCUT2D eigenvalue weighted by Crippen LogP contribution is -2.37. The minimum Gasteiger partial charge on any atom is -0.497 e. The van der Waals surface area contributed by atoms with Gasteiger partial charge >= 0.3 is 0 Å². The monoisotopic (exact) mass is 443 g/mol. The molecule has 0 bridgehead atoms. The molecule has 0 radical (unpaired) electrons. The number of halogens is 2. The van der Waals surface area contributed by atoms with Crippen LogP contribution >= 0.6 is 24.0 Å². The molecule has 24 heavy (non-hydrogen) atoms. The molecule has 6 heteroatoms. The number of hydrogen-bond acceptors (Lipinski definition) is 2. The Bertz CT molecular complexity index is 664. The zero-order valence-corrected chi connectivity index (χ0v) is 16.2. The van der Waals surface area contributed by atoms with Crippen molar-refractivity contribution in [2.75, 3.05) is 20.7 Å². The fraction of sp³-hybridized carbons (Fsp3) is 0.278. The molecular formula is C18H23FIN3O. The lowest BCUT2D eigenvalue weighted by molar-refractivity contribution is 0.414. The zero-order valence-electron chi connectivity index (χ0n) is 13.9. The Hall–Kier alpha value is -1.83. The van der Waals surface area contributed by atoms with Gasteiger partial charge in [0.2, 0.25) is 0 Å². The number of aliphatic imine (C=N–C) groups is 1. The van der Waals surface area contributed by atoms with Crippen molar-refractivity contribution >= 4 is 29.9 Å². The molecular weight excluding hydrogens is 420 g/mol. The highest BCUT2D eigenvalue weighted by atomic mass is 127. The molecule has 0 saturated heterocycles. The Morgan fingerprint density at radius 2 is 1.92 bits per heavy atom. The molecule has 2 rings (SSSR count). The van der Waals surface area contributed by atoms with E-state index in [1.54, 1.807) is 26.3 Å². The topological polar surface area (TPSA) is 45.7 Å². The number of benzene rings is 2. The van der Waals surface area contributed by atoms with Crippen molar-refractivity contribution in [3.8, 4) is 5.75 Å². The van der Waals surface area contributed by atoms with Crippen molar-refractivity contribution < 1.29 is 9.13 Å². The molecule has 0 unspecified atom stereocenters. The summed E-state index contributed by atoms with van der Waals surface area (Å²) in [6.07, 6.45) is 0.604. The van der Waals surface area contributed by atoms with E-state index < -0.39 is 0 Å². The molecule has 0 atom stereocenters. The maximum Gasteiger partial charge on any atom is 0.191 e. The molecule has 2 aromatic rings. The number of nitrogens with one attached hydrogen (secondary N) is 2. The van der Waals surface area contributed by atoms with Gasteiger partial charge in [0.25, 0.3) is 0 Å². The van der Waals surface area contributed by atoms with Crippen molar-refractivity contribution in [1.29, 1.82) is 0 Å². The highest BCUT2D eigenvalue weighted by molar-refractivity contribution is 14.0. The lowest BCUT2D eigenvalue weighted by Gasteiger charge is -2.12. The first-order chi connectivity index (χ1) is 11.2. The SMILES string of the molecule is CN=C(NCCc1ccccc1F)NCc1cccc(OC)c1.I. The Morgan fingerprint density at radius 1 is 1.12 bits per heavy atom. The van der Waals surface area contributed by atoms with Crippen LogP contribution in [0.2, 0.25) is 0 Å². The van der Waals surface area contributed by atoms with Crippen LogP contribution in [0.1, 0.15) is 11.1 Å². The van der Waals surface area contributed by atoms with Gasteiger partial charge in [-0.3, -0.25) is 4.99 Å². The molecule has 0 aliphatic rings. The first kappa shape index (κ1) is 20.2. The first-order valence-corrected chi connectivity index (χ1v) is 7.54. The minimum atomic E-state index is -0.173. The van der Waals surface area contributed by atoms with Gasteiger partial charge in [-0.25, -0.2) is 4.39 Å². The van der Waals surface area contributed by atoms with Crippen LogP contribution in [0.25, 0.3) is 0 Å². The quantitative estimate of drug-likeness (QED) is 0.409. The molecule has 2 aromatic carbocycles. The number of guanidine groups is 1. The van der Waals surface area contributed by atoms with E-state index in [1.807, 2.05) is 30.3 Å². The highest BCUT2D eigenvalue weighted by Gasteiger charge is 2.02. The van der Waals surface area contributed by atoms with E-state index in [1.165, 1.54) is 6.07 Å². The molecule has 0 aromatic heterocycles. The van der Waals surface area contributed by atoms with E-state index in [9.17, 15) is 4.39 Å². The second-order valence-corrected chi connectivity index (χ2v) is 5.05. The van der Waals surface area contributed by atoms with Crippen molar-refractivity contribution in [3.05, 3.63) is 65.5 Å². The average Bonchev–Trinajstić information content (AvgIpc) is 2.59. The maximum absolute atomic E-state index is 13.6. The number of rotatable bonds is 6. The van der Waals surface area contributed by atoms with Gasteiger partial charge in [0, 0.05) is 20.1 Å². The zero-order chi connectivity index (χ0) is 16.5. The molecule has 0 heterocycles. The summed E-state index contributed by atoms with van der Waals surface area (Å²) in [5.74, 6) is 1.34. The second kappa shape index (κ2) is 10.9. The number of hydrogen-bond donors (Lipinski definition) is 2. The van der Waals surface area contributed by atoms with Crippen LogP contribution < -0.4 is 15.4 Å². The molecule has 0 amide bonds. The summed E-state index contributed by atoms with van der Waals surface area (Å²) in [6, 6.07) is 14.7. The Labute approximate surface area is 159 Å². The molecule has 4 nitrogen and oxygen atoms in total. The summed E-state index contributed by atoms with van der Waals surface area (Å²) in [7, 11) is 3.36. The van der Waals surface area contributed by atoms with Gasteiger partial charge in [-0.15, -0.1) is 24.0 Å². The molecule has 0 saturated carbocycles. The second-order valence-electron chi connectivity index (χ2n) is 5.05. The van der Waals surface area contributed by atoms with Crippen molar-refractivity contribution in [3.63, 3.8) is 0 Å². The average molecular weight is 443 g/mol. The summed E-state index contributed by atoms with van der Waals surface area (Å²) < 4.78 is 18.8. The number of nitrogens with zero attached hydrogens (tertiary/aromatic N) is 1. The summed E-state index contributed by atoms with van der Waals surface area (Å²) >= 11 is 0. The van der Waals surface area contributed by atoms with E-state index >= 15 is 0 Å². The Kier molecular flexibility index (Phi) is 9.14. The standard InChI is InChI=1S/C18H22FN3O.HI/c1-20-18(21-11-10-15-7-3-4-9-17(15)19)22-13-14-6-5-8-16(12-14)23-2;/h3-9,12H,10-11,13H2,1-2H3,(H2,20,21,22);1H. The minimum absolute atomic E-state index is 0. The Balaban J connectivity index is 0.00000288. The van der Waals surface area contributed by atoms with Crippen LogP contribution in [0.4, 0.5) is 4.39 Å². The maximum atomic E-state index is 13.6. The molecule has 2 N–H and O–H groups in total. The van der Waals surface area contributed by atoms with Gasteiger partial charge in [0.05, 0.1) is 7.11 Å². The van der Waals surface area contributed by atoms with E-state index in [-0.39, 0.29) is 29.8 Å². The molecule has 130 valence electrons. The van der Waals surface area contributed by atoms with Gasteiger partial charge in [-0.1, -0.05) is 30.3 Å². The summed E-state index contributed by atoms with van der Waals surface area (Å²) in [5, 5.41) is 6.41. The van der Waals surface area contributed by atoms with Crippen LogP contribution in [-0.2, 0) is 13.0 Å². The Morgan fingerprint density at radius 3 is 2.62 bits per heavy atom. The van der Waals surface area contributed by atoms with E-state index in [2.05, 4.69) is 15.6 Å². The van der Waals surface area contributed by atoms with Gasteiger partial charge < -0.3 is 15.4 Å². The van der Waals surface area contributed by atoms with Gasteiger partial charge in [-0.2, -0.15) is 0 Å². The predicted octanol–water partition coefficient (Wildman–Crippen LogP) is 3.36. The van der Waals surface area contributed by atoms with Gasteiger partial charge in [0.1, 0.15) is 11.6 Å². The summed E-state index contributed by atoms with van der Waals surface area (Å²) in [6.45, 7) is 1.25. The van der Waals surface area contributed by atoms with E-state index in [0.29, 0.717) is 31.0 Å². The molecule has 0 aliphatic carbocycles. The fourth-order valence-electron chi connectivity index (χ4n) is 2.21. The van der Waals surface area contributed by atoms with Gasteiger partial charge in [0.15, 0.2) is 5.96 Å². The van der Waals surface area contributed by atoms with Crippen molar-refractivity contribution in [1.82, 2.24) is 10.6 Å². The fourth-order valence-corrected chi connectivity index (χ4v) is 2.21. The normalized spacial score (nSPS) is 10.7. The molecule has 0 fully saturated rings. The summed E-state index contributed by atoms with van der Waals surface area (Å²) in [4.78, 5) is 4.17. The number of ether oxygens (including phenoxy) is 1. The highest BCUT2D eigenvalue weighted by Crippen LogP contribution is 2.12. The van der Waals surface area contributed by atoms with Crippen LogP contribution in [0.3, 0.4) is 0 Å². The molecule has 0 spiro atoms. The third-order valence-electron chi connectivity index (χ3n) is 3.46.